The van der Waals surface area contributed by atoms with E-state index in [-0.39, 0.29) is 12.2 Å². The average Bonchev–Trinajstić information content (AvgIpc) is 2.68. The molecule has 1 fully saturated rings. The van der Waals surface area contributed by atoms with Gasteiger partial charge in [-0.2, -0.15) is 0 Å². The molecule has 1 N–H and O–H groups in total. The van der Waals surface area contributed by atoms with E-state index in [4.69, 9.17) is 8.68 Å². The lowest BCUT2D eigenvalue weighted by molar-refractivity contribution is -0.140. The second-order valence-corrected chi connectivity index (χ2v) is 11.7. The average molecular weight is 475 g/mol. The monoisotopic (exact) mass is 474 g/mol. The summed E-state index contributed by atoms with van der Waals surface area (Å²) in [7, 11) is -3.96. The molecule has 1 aliphatic rings. The third-order valence-corrected chi connectivity index (χ3v) is 9.19. The minimum Gasteiger partial charge on any atom is -0.572 e. The van der Waals surface area contributed by atoms with Crippen molar-refractivity contribution >= 4 is 34.7 Å². The van der Waals surface area contributed by atoms with E-state index in [1.165, 1.54) is 77.0 Å². The molecule has 1 heterocycles. The summed E-state index contributed by atoms with van der Waals surface area (Å²) in [6.45, 7) is 2.25. The largest absolute Gasteiger partial charge is 1.02 e. The number of Topliss-reactive ketones (excluding diaryl/α,β-unsaturated/α-hetero) is 1. The molecule has 0 aromatic heterocycles. The molecule has 0 radical (unpaired) electrons. The molecule has 1 aliphatic heterocycles. The van der Waals surface area contributed by atoms with Gasteiger partial charge in [-0.15, -0.1) is 0 Å². The van der Waals surface area contributed by atoms with Crippen molar-refractivity contribution in [2.24, 2.45) is 0 Å². The van der Waals surface area contributed by atoms with E-state index in [1.54, 1.807) is 0 Å². The summed E-state index contributed by atoms with van der Waals surface area (Å²) in [6, 6.07) is 0. The predicted molar refractivity (Wildman–Crippen MR) is 122 cm³/mol. The standard InChI is InChI=1S/C22H40O3.Al.H3O4P/c1-2-3-4-5-6-7-8-9-10-11-12-13-14-15-16-17-18-19-21(23)20-22(24)25;;1-5(2,3)4/h9-10H,2-8,11-20H2,1H3,(H,24,25);;(H3,1,2,3,4)/q;+3;/p-3/b10-9-;;. The molecule has 0 amide bonds. The first-order valence-corrected chi connectivity index (χ1v) is 14.9. The molecule has 178 valence electrons. The quantitative estimate of drug-likeness (QED) is 0.0713. The smallest absolute Gasteiger partial charge is 0.572 e. The van der Waals surface area contributed by atoms with E-state index in [0.717, 1.165) is 19.3 Å². The third-order valence-electron chi connectivity index (χ3n) is 5.23. The minimum absolute atomic E-state index is 0.182. The number of phosphoric acid groups is 1. The van der Waals surface area contributed by atoms with Crippen LogP contribution < -0.4 is 0 Å². The number of unbranched alkanes of at least 4 members (excludes halogenated alkanes) is 13. The van der Waals surface area contributed by atoms with E-state index >= 15 is 0 Å². The third kappa shape index (κ3) is 16.8. The summed E-state index contributed by atoms with van der Waals surface area (Å²) in [5.74, 6) is -0.930. The van der Waals surface area contributed by atoms with Crippen LogP contribution in [0, 0.1) is 0 Å². The molecule has 0 saturated carbocycles. The van der Waals surface area contributed by atoms with Gasteiger partial charge in [0.25, 0.3) is 5.97 Å². The number of ketones is 1. The van der Waals surface area contributed by atoms with Crippen LogP contribution in [0.5, 0.6) is 0 Å². The van der Waals surface area contributed by atoms with Gasteiger partial charge < -0.3 is 15.8 Å². The van der Waals surface area contributed by atoms with Gasteiger partial charge in [0.05, 0.1) is 0 Å². The molecular formula is C22H40AlO7P. The molecule has 0 aromatic rings. The van der Waals surface area contributed by atoms with Crippen LogP contribution in [0.3, 0.4) is 0 Å². The Bertz CT molecular complexity index is 572. The van der Waals surface area contributed by atoms with E-state index < -0.39 is 28.9 Å². The van der Waals surface area contributed by atoms with Crippen molar-refractivity contribution in [1.29, 1.82) is 0 Å². The zero-order valence-corrected chi connectivity index (χ0v) is 21.1. The molecule has 0 aliphatic carbocycles. The highest BCUT2D eigenvalue weighted by Gasteiger charge is 2.59. The van der Waals surface area contributed by atoms with E-state index in [9.17, 15) is 14.2 Å². The molecule has 9 heteroatoms. The molecular weight excluding hydrogens is 434 g/mol. The van der Waals surface area contributed by atoms with Crippen LogP contribution in [-0.4, -0.2) is 31.8 Å². The Morgan fingerprint density at radius 1 is 0.839 bits per heavy atom. The molecule has 0 atom stereocenters. The highest BCUT2D eigenvalue weighted by Crippen LogP contribution is 2.53. The van der Waals surface area contributed by atoms with Crippen LogP contribution in [0.25, 0.3) is 0 Å². The van der Waals surface area contributed by atoms with Crippen molar-refractivity contribution < 1.29 is 30.0 Å². The van der Waals surface area contributed by atoms with E-state index in [2.05, 4.69) is 26.2 Å². The van der Waals surface area contributed by atoms with Crippen molar-refractivity contribution in [3.05, 3.63) is 12.2 Å². The zero-order valence-electron chi connectivity index (χ0n) is 19.1. The van der Waals surface area contributed by atoms with Crippen LogP contribution >= 0.6 is 7.82 Å². The Balaban J connectivity index is 1.81. The van der Waals surface area contributed by atoms with Crippen LogP contribution in [-0.2, 0) is 25.1 Å². The Morgan fingerprint density at radius 3 is 1.84 bits per heavy atom. The molecule has 0 bridgehead atoms. The SMILES string of the molecule is CCCCCCCC/C=C\CCCCCCCCCC(=O)CC(=O)[O][Al]1[O]P(=O)(O)[O]1. The lowest BCUT2D eigenvalue weighted by atomic mass is 10.0. The van der Waals surface area contributed by atoms with Gasteiger partial charge in [0.2, 0.25) is 0 Å². The molecule has 0 spiro atoms. The van der Waals surface area contributed by atoms with Gasteiger partial charge in [-0.05, 0) is 32.1 Å². The van der Waals surface area contributed by atoms with Gasteiger partial charge >= 0.3 is 23.0 Å². The number of rotatable bonds is 20. The summed E-state index contributed by atoms with van der Waals surface area (Å²) in [5, 5.41) is 0. The second-order valence-electron chi connectivity index (χ2n) is 8.21. The molecule has 7 nitrogen and oxygen atoms in total. The van der Waals surface area contributed by atoms with E-state index in [0.29, 0.717) is 6.42 Å². The molecule has 0 unspecified atom stereocenters. The van der Waals surface area contributed by atoms with Crippen molar-refractivity contribution in [2.75, 3.05) is 0 Å². The van der Waals surface area contributed by atoms with Crippen molar-refractivity contribution in [3.8, 4) is 0 Å². The maximum absolute atomic E-state index is 11.8. The summed E-state index contributed by atoms with van der Waals surface area (Å²) in [6.07, 6.45) is 23.0. The number of hydrogen-bond donors (Lipinski definition) is 1. The first-order valence-electron chi connectivity index (χ1n) is 12.0. The summed E-state index contributed by atoms with van der Waals surface area (Å²) < 4.78 is 24.4. The number of hydrogen-bond acceptors (Lipinski definition) is 6. The van der Waals surface area contributed by atoms with Gasteiger partial charge in [0, 0.05) is 6.42 Å². The van der Waals surface area contributed by atoms with Gasteiger partial charge in [0.1, 0.15) is 12.2 Å². The summed E-state index contributed by atoms with van der Waals surface area (Å²) in [5.41, 5.74) is 0. The molecule has 1 saturated heterocycles. The maximum Gasteiger partial charge on any atom is 1.02 e. The Hall–Kier alpha value is -0.478. The number of carbonyl (C=O) groups is 2. The van der Waals surface area contributed by atoms with Crippen LogP contribution in [0.4, 0.5) is 0 Å². The number of allylic oxidation sites excluding steroid dienone is 2. The first kappa shape index (κ1) is 28.6. The highest BCUT2D eigenvalue weighted by molar-refractivity contribution is 7.53. The van der Waals surface area contributed by atoms with Gasteiger partial charge in [-0.1, -0.05) is 83.3 Å². The first-order chi connectivity index (χ1) is 14.9. The van der Waals surface area contributed by atoms with E-state index in [1.807, 2.05) is 0 Å². The summed E-state index contributed by atoms with van der Waals surface area (Å²) >= 11 is -2.83. The van der Waals surface area contributed by atoms with Crippen molar-refractivity contribution in [2.45, 2.75) is 116 Å². The topological polar surface area (TPSA) is 99.1 Å². The summed E-state index contributed by atoms with van der Waals surface area (Å²) in [4.78, 5) is 32.0. The van der Waals surface area contributed by atoms with Gasteiger partial charge in [-0.25, -0.2) is 4.57 Å². The Kier molecular flexibility index (Phi) is 16.6. The second kappa shape index (κ2) is 18.0. The fourth-order valence-corrected chi connectivity index (χ4v) is 5.86. The highest BCUT2D eigenvalue weighted by atomic mass is 31.2. The molecule has 31 heavy (non-hydrogen) atoms. The minimum atomic E-state index is -3.96. The fourth-order valence-electron chi connectivity index (χ4n) is 3.41. The van der Waals surface area contributed by atoms with Crippen LogP contribution in [0.2, 0.25) is 0 Å². The van der Waals surface area contributed by atoms with Crippen LogP contribution in [0.1, 0.15) is 116 Å². The fraction of sp³-hybridized carbons (Fsp3) is 0.818. The van der Waals surface area contributed by atoms with Crippen molar-refractivity contribution in [1.82, 2.24) is 0 Å². The van der Waals surface area contributed by atoms with Gasteiger partial charge in [-0.3, -0.25) is 9.59 Å². The maximum atomic E-state index is 11.8. The van der Waals surface area contributed by atoms with Crippen molar-refractivity contribution in [3.63, 3.8) is 0 Å². The van der Waals surface area contributed by atoms with Gasteiger partial charge in [0.15, 0.2) is 0 Å². The molecule has 0 aromatic carbocycles. The lowest BCUT2D eigenvalue weighted by Crippen LogP contribution is -2.36. The zero-order chi connectivity index (χ0) is 22.8. The normalized spacial score (nSPS) is 15.2. The van der Waals surface area contributed by atoms with Crippen LogP contribution in [0.15, 0.2) is 12.2 Å². The lowest BCUT2D eigenvalue weighted by Gasteiger charge is -2.25. The number of carbonyl (C=O) groups excluding carboxylic acids is 2. The Labute approximate surface area is 192 Å². The predicted octanol–water partition coefficient (Wildman–Crippen LogP) is 6.44. The molecule has 1 rings (SSSR count). The Morgan fingerprint density at radius 2 is 1.32 bits per heavy atom.